The van der Waals surface area contributed by atoms with Crippen LogP contribution < -0.4 is 0 Å². The number of aliphatic hydroxyl groups is 3. The number of rotatable bonds is 0. The van der Waals surface area contributed by atoms with Crippen LogP contribution in [0, 0.1) is 11.3 Å². The number of hydrogen-bond donors (Lipinski definition) is 3. The molecule has 3 N–H and O–H groups in total. The summed E-state index contributed by atoms with van der Waals surface area (Å²) in [4.78, 5) is 0. The van der Waals surface area contributed by atoms with Crippen LogP contribution in [0.3, 0.4) is 0 Å². The van der Waals surface area contributed by atoms with Crippen molar-refractivity contribution in [2.75, 3.05) is 0 Å². The minimum absolute atomic E-state index is 0.297. The van der Waals surface area contributed by atoms with Gasteiger partial charge in [-0.05, 0) is 25.2 Å². The Bertz CT molecular complexity index is 305. The molecule has 4 aliphatic carbocycles. The van der Waals surface area contributed by atoms with E-state index in [4.69, 9.17) is 0 Å². The topological polar surface area (TPSA) is 60.7 Å². The molecule has 0 radical (unpaired) electrons. The van der Waals surface area contributed by atoms with Crippen LogP contribution >= 0.6 is 0 Å². The second-order valence-electron chi connectivity index (χ2n) is 5.89. The van der Waals surface area contributed by atoms with E-state index in [9.17, 15) is 15.3 Å². The fraction of sp³-hybridized carbons (Fsp3) is 1.00. The van der Waals surface area contributed by atoms with Gasteiger partial charge in [-0.2, -0.15) is 0 Å². The average Bonchev–Trinajstić information content (AvgIpc) is 2.47. The highest BCUT2D eigenvalue weighted by molar-refractivity contribution is 5.40. The average molecular weight is 212 g/mol. The molecule has 4 aliphatic rings. The minimum Gasteiger partial charge on any atom is -0.390 e. The number of hydrogen-bond acceptors (Lipinski definition) is 3. The first-order valence-electron chi connectivity index (χ1n) is 6.10. The van der Waals surface area contributed by atoms with Crippen LogP contribution in [0.25, 0.3) is 0 Å². The smallest absolute Gasteiger partial charge is 0.0765 e. The predicted molar refractivity (Wildman–Crippen MR) is 55.2 cm³/mol. The van der Waals surface area contributed by atoms with Crippen molar-refractivity contribution in [3.63, 3.8) is 0 Å². The Labute approximate surface area is 90.1 Å². The molecular formula is C12H20O3. The van der Waals surface area contributed by atoms with Crippen LogP contribution in [-0.4, -0.2) is 32.1 Å². The Morgan fingerprint density at radius 1 is 0.867 bits per heavy atom. The molecule has 2 bridgehead atoms. The third-order valence-corrected chi connectivity index (χ3v) is 5.38. The fourth-order valence-corrected chi connectivity index (χ4v) is 5.26. The molecule has 0 aromatic carbocycles. The molecule has 0 saturated heterocycles. The van der Waals surface area contributed by atoms with Gasteiger partial charge >= 0.3 is 0 Å². The first kappa shape index (κ1) is 10.1. The van der Waals surface area contributed by atoms with Gasteiger partial charge in [-0.1, -0.05) is 13.8 Å². The summed E-state index contributed by atoms with van der Waals surface area (Å²) in [7, 11) is 0. The lowest BCUT2D eigenvalue weighted by Crippen LogP contribution is -2.79. The van der Waals surface area contributed by atoms with Crippen molar-refractivity contribution in [2.45, 2.75) is 62.8 Å². The van der Waals surface area contributed by atoms with Crippen molar-refractivity contribution >= 4 is 0 Å². The molecule has 0 aliphatic heterocycles. The van der Waals surface area contributed by atoms with Crippen LogP contribution in [0.1, 0.15) is 46.0 Å². The van der Waals surface area contributed by atoms with E-state index in [0.717, 1.165) is 12.8 Å². The summed E-state index contributed by atoms with van der Waals surface area (Å²) in [5, 5.41) is 30.6. The lowest BCUT2D eigenvalue weighted by Gasteiger charge is -2.73. The molecule has 0 aromatic rings. The molecule has 15 heavy (non-hydrogen) atoms. The molecule has 3 nitrogen and oxygen atoms in total. The second-order valence-corrected chi connectivity index (χ2v) is 5.89. The maximum absolute atomic E-state index is 10.2. The van der Waals surface area contributed by atoms with Crippen molar-refractivity contribution in [3.8, 4) is 0 Å². The van der Waals surface area contributed by atoms with Gasteiger partial charge in [0.2, 0.25) is 0 Å². The van der Waals surface area contributed by atoms with Crippen molar-refractivity contribution in [1.82, 2.24) is 0 Å². The summed E-state index contributed by atoms with van der Waals surface area (Å²) in [6.07, 6.45) is 3.24. The summed E-state index contributed by atoms with van der Waals surface area (Å²) in [5.41, 5.74) is -2.50. The summed E-state index contributed by atoms with van der Waals surface area (Å²) in [5.74, 6) is 0.485. The highest BCUT2D eigenvalue weighted by Crippen LogP contribution is 2.84. The van der Waals surface area contributed by atoms with E-state index in [1.54, 1.807) is 0 Å². The van der Waals surface area contributed by atoms with E-state index in [1.165, 1.54) is 0 Å². The Morgan fingerprint density at radius 3 is 1.60 bits per heavy atom. The Morgan fingerprint density at radius 2 is 1.33 bits per heavy atom. The highest BCUT2D eigenvalue weighted by atomic mass is 16.3. The van der Waals surface area contributed by atoms with E-state index in [2.05, 4.69) is 0 Å². The van der Waals surface area contributed by atoms with Gasteiger partial charge in [-0.25, -0.2) is 0 Å². The largest absolute Gasteiger partial charge is 0.390 e. The summed E-state index contributed by atoms with van der Waals surface area (Å²) < 4.78 is 0. The third kappa shape index (κ3) is 0.728. The van der Waals surface area contributed by atoms with Crippen LogP contribution in [0.15, 0.2) is 0 Å². The summed E-state index contributed by atoms with van der Waals surface area (Å²) in [6.45, 7) is 4.00. The van der Waals surface area contributed by atoms with Crippen LogP contribution in [0.4, 0.5) is 0 Å². The van der Waals surface area contributed by atoms with Gasteiger partial charge in [0.25, 0.3) is 0 Å². The van der Waals surface area contributed by atoms with E-state index in [1.807, 2.05) is 13.8 Å². The van der Waals surface area contributed by atoms with Gasteiger partial charge in [-0.3, -0.25) is 0 Å². The predicted octanol–water partition coefficient (Wildman–Crippen LogP) is 0.813. The van der Waals surface area contributed by atoms with Gasteiger partial charge in [-0.15, -0.1) is 0 Å². The third-order valence-electron chi connectivity index (χ3n) is 5.38. The van der Waals surface area contributed by atoms with Crippen LogP contribution in [0.2, 0.25) is 0 Å². The minimum atomic E-state index is -0.755. The van der Waals surface area contributed by atoms with Crippen molar-refractivity contribution < 1.29 is 15.3 Å². The maximum atomic E-state index is 10.2. The summed E-state index contributed by atoms with van der Waals surface area (Å²) >= 11 is 0. The SMILES string of the molecule is CC.OC12CC3(O)CC4CC(O)(C1)C43C2. The zero-order valence-corrected chi connectivity index (χ0v) is 9.45. The molecular weight excluding hydrogens is 192 g/mol. The second kappa shape index (κ2) is 2.27. The van der Waals surface area contributed by atoms with E-state index >= 15 is 0 Å². The number of fused-ring (bicyclic) bond motifs is 1. The van der Waals surface area contributed by atoms with Gasteiger partial charge in [0.15, 0.2) is 0 Å². The maximum Gasteiger partial charge on any atom is 0.0765 e. The van der Waals surface area contributed by atoms with Gasteiger partial charge in [0.05, 0.1) is 16.8 Å². The Kier molecular flexibility index (Phi) is 1.52. The molecule has 86 valence electrons. The molecule has 3 heteroatoms. The quantitative estimate of drug-likeness (QED) is 0.557. The monoisotopic (exact) mass is 212 g/mol. The van der Waals surface area contributed by atoms with Gasteiger partial charge in [0.1, 0.15) is 0 Å². The molecule has 4 rings (SSSR count). The molecule has 1 spiro atoms. The zero-order valence-electron chi connectivity index (χ0n) is 9.45. The normalized spacial score (nSPS) is 67.4. The standard InChI is InChI=1S/C10H14O3.C2H6/c11-7-3-8(12)1-6-2-9(13,4-7)10(6,8)5-7;1-2/h6,11-13H,1-5H2;1-2H3. The lowest BCUT2D eigenvalue weighted by atomic mass is 9.34. The Balaban J connectivity index is 0.000000343. The zero-order chi connectivity index (χ0) is 11.1. The fourth-order valence-electron chi connectivity index (χ4n) is 5.26. The van der Waals surface area contributed by atoms with Crippen molar-refractivity contribution in [1.29, 1.82) is 0 Å². The molecule has 2 atom stereocenters. The first-order chi connectivity index (χ1) is 6.93. The van der Waals surface area contributed by atoms with E-state index in [0.29, 0.717) is 25.2 Å². The Hall–Kier alpha value is -0.120. The molecule has 0 amide bonds. The van der Waals surface area contributed by atoms with Crippen molar-refractivity contribution in [3.05, 3.63) is 0 Å². The summed E-state index contributed by atoms with van der Waals surface area (Å²) in [6, 6.07) is 0. The van der Waals surface area contributed by atoms with Gasteiger partial charge < -0.3 is 15.3 Å². The van der Waals surface area contributed by atoms with Gasteiger partial charge in [0, 0.05) is 18.3 Å². The first-order valence-corrected chi connectivity index (χ1v) is 6.10. The van der Waals surface area contributed by atoms with Crippen LogP contribution in [-0.2, 0) is 0 Å². The molecule has 4 saturated carbocycles. The van der Waals surface area contributed by atoms with Crippen molar-refractivity contribution in [2.24, 2.45) is 11.3 Å². The highest BCUT2D eigenvalue weighted by Gasteiger charge is 2.89. The molecule has 0 heterocycles. The lowest BCUT2D eigenvalue weighted by molar-refractivity contribution is -0.355. The van der Waals surface area contributed by atoms with E-state index < -0.39 is 16.8 Å². The molecule has 4 fully saturated rings. The molecule has 2 unspecified atom stereocenters. The van der Waals surface area contributed by atoms with E-state index in [-0.39, 0.29) is 5.41 Å². The van der Waals surface area contributed by atoms with Crippen LogP contribution in [0.5, 0.6) is 0 Å². The molecule has 0 aromatic heterocycles.